The first-order valence-corrected chi connectivity index (χ1v) is 23.3. The summed E-state index contributed by atoms with van der Waals surface area (Å²) in [5, 5.41) is 11.7. The lowest BCUT2D eigenvalue weighted by Gasteiger charge is -2.26. The van der Waals surface area contributed by atoms with E-state index in [1.165, 1.54) is 0 Å². The van der Waals surface area contributed by atoms with Crippen LogP contribution in [0.4, 0.5) is 0 Å². The van der Waals surface area contributed by atoms with Crippen LogP contribution in [-0.4, -0.2) is 82.3 Å². The number of hydrogen-bond donors (Lipinski definition) is 0. The van der Waals surface area contributed by atoms with Crippen molar-refractivity contribution in [3.05, 3.63) is 134 Å². The second-order valence-corrected chi connectivity index (χ2v) is 15.9. The second kappa shape index (κ2) is 44.1. The van der Waals surface area contributed by atoms with Crippen LogP contribution in [0, 0.1) is 0 Å². The van der Waals surface area contributed by atoms with E-state index in [0.29, 0.717) is 23.9 Å². The van der Waals surface area contributed by atoms with Crippen LogP contribution in [0.15, 0.2) is 134 Å². The topological polar surface area (TPSA) is 111 Å². The number of carboxylic acids is 1. The highest BCUT2D eigenvalue weighted by Gasteiger charge is 2.21. The molecule has 0 amide bonds. The zero-order valence-corrected chi connectivity index (χ0v) is 39.6. The Morgan fingerprint density at radius 1 is 0.476 bits per heavy atom. The number of carbonyl (C=O) groups is 3. The summed E-state index contributed by atoms with van der Waals surface area (Å²) in [5.74, 6) is -2.46. The second-order valence-electron chi connectivity index (χ2n) is 15.9. The molecule has 63 heavy (non-hydrogen) atoms. The van der Waals surface area contributed by atoms with Gasteiger partial charge in [-0.05, 0) is 96.3 Å². The molecule has 0 aromatic rings. The molecule has 0 rings (SSSR count). The normalized spacial score (nSPS) is 14.1. The highest BCUT2D eigenvalue weighted by Crippen LogP contribution is 2.10. The van der Waals surface area contributed by atoms with Gasteiger partial charge in [-0.2, -0.15) is 0 Å². The Hall–Kier alpha value is -4.57. The summed E-state index contributed by atoms with van der Waals surface area (Å²) in [6, 6.07) is 0. The van der Waals surface area contributed by atoms with Crippen LogP contribution < -0.4 is 5.11 Å². The van der Waals surface area contributed by atoms with Crippen LogP contribution in [0.2, 0.25) is 0 Å². The molecule has 0 radical (unpaired) electrons. The zero-order chi connectivity index (χ0) is 46.3. The number of quaternary nitrogens is 1. The third kappa shape index (κ3) is 45.3. The minimum Gasteiger partial charge on any atom is -0.545 e. The smallest absolute Gasteiger partial charge is 0.306 e. The number of carbonyl (C=O) groups excluding carboxylic acids is 3. The SMILES string of the molecule is CC/C=C\C/C=C\C/C=C\C/C=C\C/C=C\C/C=C\C/C=C\CCCCCC(=O)OC(COC(=O)CC/C=C\C/C=C\C/C=C\C/C=C\CC)COC(OCC[N+](C)(C)C)C(=O)[O-]. The molecule has 0 aromatic carbocycles. The van der Waals surface area contributed by atoms with E-state index in [9.17, 15) is 19.5 Å². The third-order valence-corrected chi connectivity index (χ3v) is 8.91. The first-order valence-electron chi connectivity index (χ1n) is 23.3. The molecule has 0 spiro atoms. The van der Waals surface area contributed by atoms with Crippen molar-refractivity contribution in [2.24, 2.45) is 0 Å². The number of rotatable bonds is 40. The Bertz CT molecular complexity index is 1480. The van der Waals surface area contributed by atoms with Crippen molar-refractivity contribution in [3.63, 3.8) is 0 Å². The van der Waals surface area contributed by atoms with E-state index in [4.69, 9.17) is 18.9 Å². The maximum Gasteiger partial charge on any atom is 0.306 e. The summed E-state index contributed by atoms with van der Waals surface area (Å²) in [7, 11) is 5.86. The highest BCUT2D eigenvalue weighted by molar-refractivity contribution is 5.70. The number of likely N-dealkylation sites (N-methyl/N-ethyl adjacent to an activating group) is 1. The van der Waals surface area contributed by atoms with Gasteiger partial charge in [0.05, 0.1) is 40.3 Å². The van der Waals surface area contributed by atoms with Gasteiger partial charge in [0.2, 0.25) is 0 Å². The number of carboxylic acid groups (broad SMARTS) is 1. The summed E-state index contributed by atoms with van der Waals surface area (Å²) < 4.78 is 22.4. The van der Waals surface area contributed by atoms with Crippen LogP contribution >= 0.6 is 0 Å². The minimum absolute atomic E-state index is 0.122. The van der Waals surface area contributed by atoms with Crippen molar-refractivity contribution in [3.8, 4) is 0 Å². The number of aliphatic carboxylic acids is 1. The first-order chi connectivity index (χ1) is 30.6. The van der Waals surface area contributed by atoms with Crippen molar-refractivity contribution < 1.29 is 42.9 Å². The van der Waals surface area contributed by atoms with E-state index in [2.05, 4.69) is 135 Å². The molecule has 9 heteroatoms. The van der Waals surface area contributed by atoms with Gasteiger partial charge in [0.15, 0.2) is 12.4 Å². The van der Waals surface area contributed by atoms with E-state index in [1.807, 2.05) is 33.3 Å². The number of unbranched alkanes of at least 4 members (excludes halogenated alkanes) is 3. The van der Waals surface area contributed by atoms with Crippen molar-refractivity contribution in [2.75, 3.05) is 47.5 Å². The number of allylic oxidation sites excluding steroid dienone is 22. The molecule has 0 aliphatic heterocycles. The van der Waals surface area contributed by atoms with Crippen LogP contribution in [0.1, 0.15) is 129 Å². The molecule has 0 aliphatic rings. The molecular formula is C54H83NO8. The van der Waals surface area contributed by atoms with Gasteiger partial charge in [-0.25, -0.2) is 0 Å². The number of esters is 2. The lowest BCUT2D eigenvalue weighted by atomic mass is 10.1. The fraction of sp³-hybridized carbons (Fsp3) is 0.537. The highest BCUT2D eigenvalue weighted by atomic mass is 16.7. The fourth-order valence-corrected chi connectivity index (χ4v) is 5.35. The van der Waals surface area contributed by atoms with Crippen molar-refractivity contribution in [1.29, 1.82) is 0 Å². The molecule has 0 heterocycles. The van der Waals surface area contributed by atoms with E-state index in [0.717, 1.165) is 89.9 Å². The van der Waals surface area contributed by atoms with Gasteiger partial charge >= 0.3 is 11.9 Å². The summed E-state index contributed by atoms with van der Waals surface area (Å²) in [4.78, 5) is 37.0. The maximum atomic E-state index is 12.8. The Morgan fingerprint density at radius 3 is 1.30 bits per heavy atom. The molecule has 2 atom stereocenters. The molecule has 0 aliphatic carbocycles. The summed E-state index contributed by atoms with van der Waals surface area (Å²) in [6.07, 6.45) is 59.4. The Labute approximate surface area is 382 Å². The minimum atomic E-state index is -1.65. The number of ether oxygens (including phenoxy) is 4. The maximum absolute atomic E-state index is 12.8. The van der Waals surface area contributed by atoms with E-state index >= 15 is 0 Å². The van der Waals surface area contributed by atoms with E-state index in [1.54, 1.807) is 0 Å². The summed E-state index contributed by atoms with van der Waals surface area (Å²) in [6.45, 7) is 4.34. The fourth-order valence-electron chi connectivity index (χ4n) is 5.35. The van der Waals surface area contributed by atoms with E-state index < -0.39 is 30.3 Å². The van der Waals surface area contributed by atoms with E-state index in [-0.39, 0.29) is 32.7 Å². The predicted octanol–water partition coefficient (Wildman–Crippen LogP) is 11.4. The third-order valence-electron chi connectivity index (χ3n) is 8.91. The molecular weight excluding hydrogens is 791 g/mol. The molecule has 0 fully saturated rings. The van der Waals surface area contributed by atoms with Gasteiger partial charge in [0.25, 0.3) is 0 Å². The van der Waals surface area contributed by atoms with Crippen LogP contribution in [-0.2, 0) is 33.3 Å². The molecule has 0 aromatic heterocycles. The van der Waals surface area contributed by atoms with Gasteiger partial charge in [-0.15, -0.1) is 0 Å². The average molecular weight is 874 g/mol. The Kier molecular flexibility index (Phi) is 40.9. The summed E-state index contributed by atoms with van der Waals surface area (Å²) >= 11 is 0. The average Bonchev–Trinajstić information content (AvgIpc) is 3.24. The van der Waals surface area contributed by atoms with Gasteiger partial charge in [0, 0.05) is 12.8 Å². The van der Waals surface area contributed by atoms with Gasteiger partial charge in [-0.3, -0.25) is 9.59 Å². The number of hydrogen-bond acceptors (Lipinski definition) is 8. The molecule has 0 saturated carbocycles. The lowest BCUT2D eigenvalue weighted by Crippen LogP contribution is -2.44. The Morgan fingerprint density at radius 2 is 0.889 bits per heavy atom. The molecule has 0 N–H and O–H groups in total. The van der Waals surface area contributed by atoms with Crippen molar-refractivity contribution in [2.45, 2.75) is 142 Å². The summed E-state index contributed by atoms with van der Waals surface area (Å²) in [5.41, 5.74) is 0. The molecule has 352 valence electrons. The predicted molar refractivity (Wildman–Crippen MR) is 259 cm³/mol. The Balaban J connectivity index is 4.55. The van der Waals surface area contributed by atoms with Crippen LogP contribution in [0.25, 0.3) is 0 Å². The van der Waals surface area contributed by atoms with Gasteiger partial charge in [0.1, 0.15) is 13.2 Å². The van der Waals surface area contributed by atoms with Gasteiger partial charge in [-0.1, -0.05) is 154 Å². The van der Waals surface area contributed by atoms with Crippen LogP contribution in [0.5, 0.6) is 0 Å². The van der Waals surface area contributed by atoms with Crippen LogP contribution in [0.3, 0.4) is 0 Å². The standard InChI is InChI=1S/C54H83NO8/c1-6-8-10-12-14-16-18-20-21-22-23-24-25-26-27-28-29-30-31-33-35-37-39-41-43-45-52(57)63-50(49-62-54(53(58)59)60-47-46-55(3,4)5)48-61-51(56)44-42-40-38-36-34-32-19-17-15-13-11-9-7-2/h8-11,14-17,20-21,23-24,26-27,29-30,32-35,38,40,50,54H,6-7,12-13,18-19,22,25,28,31,36-37,39,41-49H2,1-5H3/b10-8-,11-9-,16-14-,17-15-,21-20-,24-23-,27-26-,30-29-,34-32-,35-33-,40-38-. The lowest BCUT2D eigenvalue weighted by molar-refractivity contribution is -0.870. The van der Waals surface area contributed by atoms with Gasteiger partial charge < -0.3 is 33.3 Å². The zero-order valence-electron chi connectivity index (χ0n) is 39.6. The largest absolute Gasteiger partial charge is 0.545 e. The van der Waals surface area contributed by atoms with Crippen molar-refractivity contribution in [1.82, 2.24) is 0 Å². The molecule has 9 nitrogen and oxygen atoms in total. The molecule has 0 bridgehead atoms. The molecule has 2 unspecified atom stereocenters. The molecule has 0 saturated heterocycles. The number of nitrogens with zero attached hydrogens (tertiary/aromatic N) is 1. The first kappa shape index (κ1) is 58.4. The van der Waals surface area contributed by atoms with Crippen molar-refractivity contribution >= 4 is 17.9 Å². The quantitative estimate of drug-likeness (QED) is 0.0197. The monoisotopic (exact) mass is 874 g/mol.